The number of benzene rings is 3. The van der Waals surface area contributed by atoms with Crippen molar-refractivity contribution in [2.24, 2.45) is 17.6 Å². The number of nitrogens with zero attached hydrogens (tertiary/aromatic N) is 2. The second kappa shape index (κ2) is 12.5. The lowest BCUT2D eigenvalue weighted by molar-refractivity contribution is 0.281. The molecule has 1 saturated carbocycles. The summed E-state index contributed by atoms with van der Waals surface area (Å²) in [4.78, 5) is 9.71. The molecule has 1 aliphatic rings. The molecule has 0 spiro atoms. The Labute approximate surface area is 232 Å². The van der Waals surface area contributed by atoms with E-state index >= 15 is 0 Å². The van der Waals surface area contributed by atoms with Crippen LogP contribution in [0.15, 0.2) is 72.8 Å². The second-order valence-corrected chi connectivity index (χ2v) is 11.0. The SMILES string of the molecule is NCC1CCCC(CNc2nc(/C=C/c3ccc(OCc4ccccc4)cc3)nc3ccc(I)cc23)C1. The number of anilines is 1. The maximum Gasteiger partial charge on any atom is 0.154 e. The van der Waals surface area contributed by atoms with Crippen molar-refractivity contribution in [1.29, 1.82) is 0 Å². The van der Waals surface area contributed by atoms with Crippen molar-refractivity contribution in [3.05, 3.63) is 93.3 Å². The van der Waals surface area contributed by atoms with Gasteiger partial charge in [-0.3, -0.25) is 0 Å². The topological polar surface area (TPSA) is 73.1 Å². The summed E-state index contributed by atoms with van der Waals surface area (Å²) < 4.78 is 7.09. The molecule has 1 fully saturated rings. The number of fused-ring (bicyclic) bond motifs is 1. The van der Waals surface area contributed by atoms with E-state index in [0.29, 0.717) is 24.3 Å². The molecule has 0 saturated heterocycles. The second-order valence-electron chi connectivity index (χ2n) is 9.78. The maximum atomic E-state index is 5.96. The van der Waals surface area contributed by atoms with Crippen LogP contribution >= 0.6 is 22.6 Å². The third-order valence-electron chi connectivity index (χ3n) is 7.01. The fraction of sp³-hybridized carbons (Fsp3) is 0.290. The van der Waals surface area contributed by atoms with Crippen LogP contribution in [0.3, 0.4) is 0 Å². The molecule has 3 aromatic carbocycles. The zero-order valence-electron chi connectivity index (χ0n) is 20.9. The summed E-state index contributed by atoms with van der Waals surface area (Å²) >= 11 is 2.35. The zero-order chi connectivity index (χ0) is 25.5. The molecule has 1 heterocycles. The number of nitrogens with one attached hydrogen (secondary N) is 1. The third-order valence-corrected chi connectivity index (χ3v) is 7.68. The first-order valence-corrected chi connectivity index (χ1v) is 14.1. The van der Waals surface area contributed by atoms with E-state index in [1.54, 1.807) is 0 Å². The van der Waals surface area contributed by atoms with Crippen molar-refractivity contribution in [1.82, 2.24) is 9.97 Å². The van der Waals surface area contributed by atoms with Gasteiger partial charge in [-0.2, -0.15) is 0 Å². The molecule has 2 atom stereocenters. The molecular weight excluding hydrogens is 571 g/mol. The van der Waals surface area contributed by atoms with E-state index in [-0.39, 0.29) is 0 Å². The number of halogens is 1. The number of rotatable bonds is 9. The van der Waals surface area contributed by atoms with E-state index in [9.17, 15) is 0 Å². The minimum absolute atomic E-state index is 0.559. The third kappa shape index (κ3) is 7.08. The van der Waals surface area contributed by atoms with Gasteiger partial charge in [0, 0.05) is 15.5 Å². The molecule has 0 amide bonds. The fourth-order valence-electron chi connectivity index (χ4n) is 4.96. The lowest BCUT2D eigenvalue weighted by Crippen LogP contribution is -2.26. The summed E-state index contributed by atoms with van der Waals surface area (Å²) in [5.74, 6) is 3.74. The van der Waals surface area contributed by atoms with E-state index in [1.807, 2.05) is 42.5 Å². The van der Waals surface area contributed by atoms with Crippen LogP contribution in [0, 0.1) is 15.4 Å². The molecule has 5 nitrogen and oxygen atoms in total. The number of aromatic nitrogens is 2. The molecule has 4 aromatic rings. The van der Waals surface area contributed by atoms with Gasteiger partial charge in [-0.1, -0.05) is 55.0 Å². The van der Waals surface area contributed by atoms with Crippen molar-refractivity contribution in [3.63, 3.8) is 0 Å². The van der Waals surface area contributed by atoms with Crippen LogP contribution in [0.25, 0.3) is 23.1 Å². The predicted molar refractivity (Wildman–Crippen MR) is 161 cm³/mol. The van der Waals surface area contributed by atoms with E-state index in [0.717, 1.165) is 46.7 Å². The summed E-state index contributed by atoms with van der Waals surface area (Å²) in [6.07, 6.45) is 9.00. The van der Waals surface area contributed by atoms with Crippen molar-refractivity contribution < 1.29 is 4.74 Å². The Kier molecular flexibility index (Phi) is 8.68. The molecule has 0 aliphatic heterocycles. The minimum Gasteiger partial charge on any atom is -0.489 e. The first-order valence-electron chi connectivity index (χ1n) is 13.0. The van der Waals surface area contributed by atoms with Gasteiger partial charge in [-0.15, -0.1) is 0 Å². The monoisotopic (exact) mass is 604 g/mol. The predicted octanol–water partition coefficient (Wildman–Crippen LogP) is 7.16. The Bertz CT molecular complexity index is 1340. The van der Waals surface area contributed by atoms with Gasteiger partial charge in [0.25, 0.3) is 0 Å². The number of hydrogen-bond acceptors (Lipinski definition) is 5. The van der Waals surface area contributed by atoms with E-state index in [1.165, 1.54) is 29.3 Å². The van der Waals surface area contributed by atoms with Gasteiger partial charge in [-0.25, -0.2) is 9.97 Å². The highest BCUT2D eigenvalue weighted by Gasteiger charge is 2.21. The lowest BCUT2D eigenvalue weighted by atomic mass is 9.81. The number of nitrogens with two attached hydrogens (primary N) is 1. The highest BCUT2D eigenvalue weighted by molar-refractivity contribution is 14.1. The summed E-state index contributed by atoms with van der Waals surface area (Å²) in [6.45, 7) is 2.27. The van der Waals surface area contributed by atoms with E-state index in [2.05, 4.69) is 70.4 Å². The van der Waals surface area contributed by atoms with Crippen molar-refractivity contribution in [2.45, 2.75) is 32.3 Å². The standard InChI is InChI=1S/C31H33IN4O/c32-26-12-15-29-28(18-26)31(34-20-25-8-4-7-24(17-25)19-33)36-30(35-29)16-11-22-9-13-27(14-10-22)37-21-23-5-2-1-3-6-23/h1-3,5-6,9-16,18,24-25H,4,7-8,17,19-21,33H2,(H,34,35,36)/b16-11+. The molecule has 5 rings (SSSR count). The van der Waals surface area contributed by atoms with Gasteiger partial charge in [-0.05, 0) is 108 Å². The molecule has 37 heavy (non-hydrogen) atoms. The molecule has 2 unspecified atom stereocenters. The van der Waals surface area contributed by atoms with Crippen molar-refractivity contribution >= 4 is 51.5 Å². The van der Waals surface area contributed by atoms with Crippen molar-refractivity contribution in [2.75, 3.05) is 18.4 Å². The molecule has 0 bridgehead atoms. The van der Waals surface area contributed by atoms with Crippen LogP contribution in [-0.2, 0) is 6.61 Å². The van der Waals surface area contributed by atoms with Gasteiger partial charge in [0.2, 0.25) is 0 Å². The molecule has 1 aliphatic carbocycles. The van der Waals surface area contributed by atoms with Gasteiger partial charge in [0.1, 0.15) is 18.2 Å². The van der Waals surface area contributed by atoms with Gasteiger partial charge in [0.05, 0.1) is 5.52 Å². The largest absolute Gasteiger partial charge is 0.489 e. The lowest BCUT2D eigenvalue weighted by Gasteiger charge is -2.28. The van der Waals surface area contributed by atoms with Crippen LogP contribution in [0.4, 0.5) is 5.82 Å². The summed E-state index contributed by atoms with van der Waals surface area (Å²) in [5.41, 5.74) is 9.13. The Morgan fingerprint density at radius 1 is 0.946 bits per heavy atom. The normalized spacial score (nSPS) is 17.8. The Morgan fingerprint density at radius 3 is 2.57 bits per heavy atom. The van der Waals surface area contributed by atoms with Gasteiger partial charge in [0.15, 0.2) is 5.82 Å². The van der Waals surface area contributed by atoms with Crippen LogP contribution in [0.2, 0.25) is 0 Å². The molecule has 1 aromatic heterocycles. The Morgan fingerprint density at radius 2 is 1.76 bits per heavy atom. The van der Waals surface area contributed by atoms with Crippen LogP contribution in [-0.4, -0.2) is 23.1 Å². The van der Waals surface area contributed by atoms with Crippen LogP contribution < -0.4 is 15.8 Å². The van der Waals surface area contributed by atoms with E-state index in [4.69, 9.17) is 20.4 Å². The summed E-state index contributed by atoms with van der Waals surface area (Å²) in [6, 6.07) is 24.6. The molecule has 190 valence electrons. The molecule has 3 N–H and O–H groups in total. The molecular formula is C31H33IN4O. The quantitative estimate of drug-likeness (QED) is 0.199. The maximum absolute atomic E-state index is 5.96. The average molecular weight is 605 g/mol. The Balaban J connectivity index is 1.29. The van der Waals surface area contributed by atoms with Crippen LogP contribution in [0.5, 0.6) is 5.75 Å². The Hall–Kier alpha value is -2.97. The first kappa shape index (κ1) is 25.7. The van der Waals surface area contributed by atoms with Crippen LogP contribution in [0.1, 0.15) is 42.6 Å². The average Bonchev–Trinajstić information content (AvgIpc) is 2.95. The van der Waals surface area contributed by atoms with E-state index < -0.39 is 0 Å². The number of ether oxygens (including phenoxy) is 1. The number of hydrogen-bond donors (Lipinski definition) is 2. The molecule has 6 heteroatoms. The smallest absolute Gasteiger partial charge is 0.154 e. The van der Waals surface area contributed by atoms with Crippen molar-refractivity contribution in [3.8, 4) is 5.75 Å². The van der Waals surface area contributed by atoms with Gasteiger partial charge >= 0.3 is 0 Å². The summed E-state index contributed by atoms with van der Waals surface area (Å²) in [7, 11) is 0. The highest BCUT2D eigenvalue weighted by atomic mass is 127. The highest BCUT2D eigenvalue weighted by Crippen LogP contribution is 2.30. The van der Waals surface area contributed by atoms with Gasteiger partial charge < -0.3 is 15.8 Å². The summed E-state index contributed by atoms with van der Waals surface area (Å²) in [5, 5.41) is 4.72. The fourth-order valence-corrected chi connectivity index (χ4v) is 5.45. The zero-order valence-corrected chi connectivity index (χ0v) is 23.1. The minimum atomic E-state index is 0.559. The molecule has 0 radical (unpaired) electrons. The first-order chi connectivity index (χ1) is 18.2.